The Morgan fingerprint density at radius 2 is 1.85 bits per heavy atom. The molecule has 0 saturated heterocycles. The van der Waals surface area contributed by atoms with Crippen molar-refractivity contribution in [1.82, 2.24) is 15.0 Å². The molecule has 1 aromatic heterocycles. The van der Waals surface area contributed by atoms with Gasteiger partial charge in [0.15, 0.2) is 0 Å². The molecular weight excluding hydrogens is 252 g/mol. The third kappa shape index (κ3) is 3.14. The van der Waals surface area contributed by atoms with Crippen LogP contribution in [0.3, 0.4) is 0 Å². The smallest absolute Gasteiger partial charge is 0.231 e. The zero-order valence-electron chi connectivity index (χ0n) is 12.3. The molecule has 0 amide bonds. The molecule has 2 aromatic rings. The molecule has 0 saturated carbocycles. The number of nitrogens with zero attached hydrogens (tertiary/aromatic N) is 4. The van der Waals surface area contributed by atoms with Crippen LogP contribution < -0.4 is 16.0 Å². The first-order chi connectivity index (χ1) is 9.47. The molecular formula is C14H20N6. The number of aryl methyl sites for hydroxylation is 1. The molecule has 1 atom stereocenters. The van der Waals surface area contributed by atoms with Gasteiger partial charge in [-0.15, -0.1) is 0 Å². The van der Waals surface area contributed by atoms with E-state index in [2.05, 4.69) is 46.2 Å². The molecule has 0 spiro atoms. The van der Waals surface area contributed by atoms with Crippen molar-refractivity contribution >= 4 is 17.8 Å². The van der Waals surface area contributed by atoms with Crippen LogP contribution in [0.1, 0.15) is 24.1 Å². The highest BCUT2D eigenvalue weighted by Crippen LogP contribution is 2.21. The van der Waals surface area contributed by atoms with E-state index in [1.165, 1.54) is 11.1 Å². The van der Waals surface area contributed by atoms with Crippen molar-refractivity contribution in [3.63, 3.8) is 0 Å². The van der Waals surface area contributed by atoms with Gasteiger partial charge in [0, 0.05) is 14.1 Å². The maximum atomic E-state index is 5.71. The summed E-state index contributed by atoms with van der Waals surface area (Å²) in [6, 6.07) is 8.31. The van der Waals surface area contributed by atoms with Crippen LogP contribution in [0.25, 0.3) is 0 Å². The maximum Gasteiger partial charge on any atom is 0.231 e. The quantitative estimate of drug-likeness (QED) is 0.886. The van der Waals surface area contributed by atoms with Gasteiger partial charge in [-0.25, -0.2) is 0 Å². The highest BCUT2D eigenvalue weighted by atomic mass is 15.3. The van der Waals surface area contributed by atoms with Crippen molar-refractivity contribution in [1.29, 1.82) is 0 Å². The zero-order valence-corrected chi connectivity index (χ0v) is 12.3. The van der Waals surface area contributed by atoms with E-state index in [0.717, 1.165) is 0 Å². The van der Waals surface area contributed by atoms with Gasteiger partial charge in [-0.1, -0.05) is 24.3 Å². The Hall–Kier alpha value is -2.37. The average Bonchev–Trinajstić information content (AvgIpc) is 2.38. The number of anilines is 3. The van der Waals surface area contributed by atoms with Crippen molar-refractivity contribution in [3.05, 3.63) is 35.4 Å². The van der Waals surface area contributed by atoms with E-state index in [1.54, 1.807) is 4.90 Å². The number of nitrogens with two attached hydrogens (primary N) is 1. The van der Waals surface area contributed by atoms with Gasteiger partial charge in [0.2, 0.25) is 17.8 Å². The lowest BCUT2D eigenvalue weighted by Gasteiger charge is -2.18. The topological polar surface area (TPSA) is 80.0 Å². The first kappa shape index (κ1) is 14.0. The Kier molecular flexibility index (Phi) is 4.02. The molecule has 6 nitrogen and oxygen atoms in total. The van der Waals surface area contributed by atoms with Crippen LogP contribution in [0.4, 0.5) is 17.8 Å². The van der Waals surface area contributed by atoms with E-state index in [1.807, 2.05) is 26.2 Å². The maximum absolute atomic E-state index is 5.71. The summed E-state index contributed by atoms with van der Waals surface area (Å²) in [7, 11) is 3.73. The molecule has 6 heteroatoms. The van der Waals surface area contributed by atoms with Gasteiger partial charge in [-0.3, -0.25) is 0 Å². The van der Waals surface area contributed by atoms with E-state index < -0.39 is 0 Å². The second-order valence-corrected chi connectivity index (χ2v) is 4.93. The molecule has 0 aliphatic carbocycles. The fourth-order valence-corrected chi connectivity index (χ4v) is 1.99. The molecule has 106 valence electrons. The molecule has 0 radical (unpaired) electrons. The van der Waals surface area contributed by atoms with Gasteiger partial charge in [-0.2, -0.15) is 15.0 Å². The molecule has 1 unspecified atom stereocenters. The van der Waals surface area contributed by atoms with E-state index in [9.17, 15) is 0 Å². The van der Waals surface area contributed by atoms with Crippen LogP contribution in [-0.4, -0.2) is 29.0 Å². The zero-order chi connectivity index (χ0) is 14.7. The van der Waals surface area contributed by atoms with Crippen molar-refractivity contribution in [3.8, 4) is 0 Å². The van der Waals surface area contributed by atoms with Crippen LogP contribution in [0, 0.1) is 6.92 Å². The molecule has 0 fully saturated rings. The summed E-state index contributed by atoms with van der Waals surface area (Å²) in [4.78, 5) is 14.3. The van der Waals surface area contributed by atoms with Crippen LogP contribution >= 0.6 is 0 Å². The predicted octanol–water partition coefficient (Wildman–Crippen LogP) is 2.00. The van der Waals surface area contributed by atoms with Crippen LogP contribution in [-0.2, 0) is 0 Å². The van der Waals surface area contributed by atoms with Gasteiger partial charge in [-0.05, 0) is 25.0 Å². The van der Waals surface area contributed by atoms with Gasteiger partial charge < -0.3 is 16.0 Å². The van der Waals surface area contributed by atoms with Gasteiger partial charge in [0.1, 0.15) is 0 Å². The minimum Gasteiger partial charge on any atom is -0.368 e. The van der Waals surface area contributed by atoms with E-state index in [4.69, 9.17) is 5.73 Å². The van der Waals surface area contributed by atoms with Crippen LogP contribution in [0.5, 0.6) is 0 Å². The third-order valence-corrected chi connectivity index (χ3v) is 3.04. The van der Waals surface area contributed by atoms with Crippen molar-refractivity contribution in [2.45, 2.75) is 19.9 Å². The average molecular weight is 272 g/mol. The summed E-state index contributed by atoms with van der Waals surface area (Å²) < 4.78 is 0. The summed E-state index contributed by atoms with van der Waals surface area (Å²) in [6.07, 6.45) is 0. The number of aromatic nitrogens is 3. The Labute approximate surface area is 119 Å². The summed E-state index contributed by atoms with van der Waals surface area (Å²) in [5.74, 6) is 1.23. The molecule has 0 aliphatic rings. The first-order valence-corrected chi connectivity index (χ1v) is 6.48. The molecule has 20 heavy (non-hydrogen) atoms. The minimum atomic E-state index is 0.0908. The number of nitrogen functional groups attached to an aromatic ring is 1. The highest BCUT2D eigenvalue weighted by molar-refractivity contribution is 5.43. The lowest BCUT2D eigenvalue weighted by Crippen LogP contribution is -2.17. The second-order valence-electron chi connectivity index (χ2n) is 4.93. The molecule has 0 aliphatic heterocycles. The molecule has 1 aromatic carbocycles. The number of hydrogen-bond donors (Lipinski definition) is 2. The Morgan fingerprint density at radius 1 is 1.15 bits per heavy atom. The van der Waals surface area contributed by atoms with Crippen LogP contribution in [0.2, 0.25) is 0 Å². The Morgan fingerprint density at radius 3 is 2.50 bits per heavy atom. The summed E-state index contributed by atoms with van der Waals surface area (Å²) in [5, 5.41) is 3.27. The molecule has 2 rings (SSSR count). The lowest BCUT2D eigenvalue weighted by molar-refractivity contribution is 0.842. The standard InChI is InChI=1S/C14H20N6/c1-9-7-5-6-8-11(9)10(2)16-13-17-12(15)18-14(19-13)20(3)4/h5-8,10H,1-4H3,(H3,15,16,17,18,19). The van der Waals surface area contributed by atoms with Gasteiger partial charge in [0.25, 0.3) is 0 Å². The Bertz CT molecular complexity index is 596. The molecule has 1 heterocycles. The van der Waals surface area contributed by atoms with Crippen molar-refractivity contribution in [2.75, 3.05) is 30.0 Å². The third-order valence-electron chi connectivity index (χ3n) is 3.04. The molecule has 3 N–H and O–H groups in total. The Balaban J connectivity index is 2.24. The fraction of sp³-hybridized carbons (Fsp3) is 0.357. The van der Waals surface area contributed by atoms with Crippen LogP contribution in [0.15, 0.2) is 24.3 Å². The van der Waals surface area contributed by atoms with Gasteiger partial charge in [0.05, 0.1) is 6.04 Å². The van der Waals surface area contributed by atoms with E-state index in [0.29, 0.717) is 11.9 Å². The largest absolute Gasteiger partial charge is 0.368 e. The summed E-state index contributed by atoms with van der Waals surface area (Å²) in [6.45, 7) is 4.15. The predicted molar refractivity (Wildman–Crippen MR) is 81.8 cm³/mol. The van der Waals surface area contributed by atoms with Gasteiger partial charge >= 0.3 is 0 Å². The highest BCUT2D eigenvalue weighted by Gasteiger charge is 2.11. The number of hydrogen-bond acceptors (Lipinski definition) is 6. The van der Waals surface area contributed by atoms with E-state index >= 15 is 0 Å². The number of rotatable bonds is 4. The lowest BCUT2D eigenvalue weighted by atomic mass is 10.0. The monoisotopic (exact) mass is 272 g/mol. The fourth-order valence-electron chi connectivity index (χ4n) is 1.99. The summed E-state index contributed by atoms with van der Waals surface area (Å²) in [5.41, 5.74) is 8.14. The second kappa shape index (κ2) is 5.73. The SMILES string of the molecule is Cc1ccccc1C(C)Nc1nc(N)nc(N(C)C)n1. The summed E-state index contributed by atoms with van der Waals surface area (Å²) >= 11 is 0. The normalized spacial score (nSPS) is 12.0. The minimum absolute atomic E-state index is 0.0908. The van der Waals surface area contributed by atoms with E-state index in [-0.39, 0.29) is 12.0 Å². The molecule has 0 bridgehead atoms. The number of benzene rings is 1. The van der Waals surface area contributed by atoms with Crippen molar-refractivity contribution in [2.24, 2.45) is 0 Å². The van der Waals surface area contributed by atoms with Crippen molar-refractivity contribution < 1.29 is 0 Å². The first-order valence-electron chi connectivity index (χ1n) is 6.48. The number of nitrogens with one attached hydrogen (secondary N) is 1.